The number of piperidine rings is 1. The van der Waals surface area contributed by atoms with E-state index in [4.69, 9.17) is 0 Å². The summed E-state index contributed by atoms with van der Waals surface area (Å²) >= 11 is 0. The maximum atomic E-state index is 13.8. The molecular weight excluding hydrogens is 505 g/mol. The Morgan fingerprint density at radius 2 is 1.76 bits per heavy atom. The SMILES string of the molecule is CS(=O)(=O)c1c(C(F)(F)F)ccc(-c2ccc(C3CN(CCC4CCNCC4)C3)cc2)c1-c1nnn[nH]1. The van der Waals surface area contributed by atoms with Crippen molar-refractivity contribution in [2.24, 2.45) is 5.92 Å². The Hall–Kier alpha value is -2.83. The van der Waals surface area contributed by atoms with Crippen molar-refractivity contribution in [2.45, 2.75) is 36.3 Å². The number of halogens is 3. The Labute approximate surface area is 213 Å². The number of aromatic amines is 1. The molecule has 2 aliphatic rings. The normalized spacial score (nSPS) is 18.2. The van der Waals surface area contributed by atoms with Crippen molar-refractivity contribution in [1.29, 1.82) is 0 Å². The second kappa shape index (κ2) is 10.1. The van der Waals surface area contributed by atoms with Gasteiger partial charge in [0.15, 0.2) is 15.7 Å². The molecule has 198 valence electrons. The summed E-state index contributed by atoms with van der Waals surface area (Å²) in [4.78, 5) is 1.62. The highest BCUT2D eigenvalue weighted by Gasteiger charge is 2.39. The van der Waals surface area contributed by atoms with Gasteiger partial charge in [-0.1, -0.05) is 30.3 Å². The van der Waals surface area contributed by atoms with Gasteiger partial charge in [0.05, 0.1) is 10.5 Å². The van der Waals surface area contributed by atoms with Crippen molar-refractivity contribution in [3.05, 3.63) is 47.5 Å². The number of H-pyrrole nitrogens is 1. The lowest BCUT2D eigenvalue weighted by Gasteiger charge is -2.40. The van der Waals surface area contributed by atoms with E-state index in [0.29, 0.717) is 17.0 Å². The first-order valence-corrected chi connectivity index (χ1v) is 14.2. The van der Waals surface area contributed by atoms with Gasteiger partial charge in [-0.05, 0) is 78.0 Å². The molecule has 0 spiro atoms. The molecule has 0 radical (unpaired) electrons. The Morgan fingerprint density at radius 3 is 2.35 bits per heavy atom. The second-order valence-electron chi connectivity index (χ2n) is 9.95. The van der Waals surface area contributed by atoms with Gasteiger partial charge >= 0.3 is 6.18 Å². The number of rotatable bonds is 7. The van der Waals surface area contributed by atoms with E-state index in [9.17, 15) is 21.6 Å². The molecule has 0 amide bonds. The average molecular weight is 535 g/mol. The van der Waals surface area contributed by atoms with E-state index in [2.05, 4.69) is 30.8 Å². The third-order valence-corrected chi connectivity index (χ3v) is 8.54. The number of sulfone groups is 1. The molecule has 2 aromatic carbocycles. The zero-order valence-corrected chi connectivity index (χ0v) is 21.2. The van der Waals surface area contributed by atoms with E-state index in [1.54, 1.807) is 0 Å². The fourth-order valence-electron chi connectivity index (χ4n) is 5.37. The summed E-state index contributed by atoms with van der Waals surface area (Å²) in [6.45, 7) is 5.29. The highest BCUT2D eigenvalue weighted by atomic mass is 32.2. The molecule has 0 saturated carbocycles. The monoisotopic (exact) mass is 534 g/mol. The maximum Gasteiger partial charge on any atom is 0.417 e. The molecule has 3 aromatic rings. The summed E-state index contributed by atoms with van der Waals surface area (Å²) in [5.74, 6) is 1.06. The van der Waals surface area contributed by atoms with Crippen LogP contribution in [-0.4, -0.2) is 72.9 Å². The minimum atomic E-state index is -4.87. The molecule has 12 heteroatoms. The molecule has 3 heterocycles. The van der Waals surface area contributed by atoms with Crippen LogP contribution >= 0.6 is 0 Å². The van der Waals surface area contributed by atoms with E-state index in [-0.39, 0.29) is 11.4 Å². The Balaban J connectivity index is 1.39. The Bertz CT molecular complexity index is 1330. The van der Waals surface area contributed by atoms with Gasteiger partial charge in [-0.2, -0.15) is 13.2 Å². The standard InChI is InChI=1S/C25H29F3N6O2S/c1-37(35,36)23-21(25(26,27)28)7-6-20(22(23)24-30-32-33-31-24)18-4-2-17(3-5-18)19-14-34(15-19)13-10-16-8-11-29-12-9-16/h2-7,16,19,29H,8-15H2,1H3,(H,30,31,32,33). The molecule has 2 fully saturated rings. The molecule has 0 unspecified atom stereocenters. The van der Waals surface area contributed by atoms with Crippen LogP contribution in [0.15, 0.2) is 41.3 Å². The van der Waals surface area contributed by atoms with Crippen LogP contribution in [-0.2, 0) is 16.0 Å². The molecule has 2 saturated heterocycles. The highest BCUT2D eigenvalue weighted by molar-refractivity contribution is 7.91. The minimum Gasteiger partial charge on any atom is -0.317 e. The summed E-state index contributed by atoms with van der Waals surface area (Å²) in [7, 11) is -4.28. The van der Waals surface area contributed by atoms with Crippen LogP contribution < -0.4 is 5.32 Å². The van der Waals surface area contributed by atoms with Gasteiger partial charge in [-0.25, -0.2) is 13.5 Å². The molecule has 2 aliphatic heterocycles. The summed E-state index contributed by atoms with van der Waals surface area (Å²) < 4.78 is 66.5. The fraction of sp³-hybridized carbons (Fsp3) is 0.480. The van der Waals surface area contributed by atoms with Crippen molar-refractivity contribution < 1.29 is 21.6 Å². The summed E-state index contributed by atoms with van der Waals surface area (Å²) in [6.07, 6.45) is -0.396. The Kier molecular flexibility index (Phi) is 7.08. The second-order valence-corrected chi connectivity index (χ2v) is 11.9. The van der Waals surface area contributed by atoms with Crippen LogP contribution in [0, 0.1) is 5.92 Å². The molecule has 0 atom stereocenters. The maximum absolute atomic E-state index is 13.8. The zero-order chi connectivity index (χ0) is 26.2. The molecule has 0 bridgehead atoms. The smallest absolute Gasteiger partial charge is 0.317 e. The number of nitrogens with zero attached hydrogens (tertiary/aromatic N) is 4. The predicted octanol–water partition coefficient (Wildman–Crippen LogP) is 3.74. The van der Waals surface area contributed by atoms with Crippen LogP contribution in [0.4, 0.5) is 13.2 Å². The first kappa shape index (κ1) is 25.8. The van der Waals surface area contributed by atoms with E-state index in [0.717, 1.165) is 56.5 Å². The van der Waals surface area contributed by atoms with Crippen LogP contribution in [0.25, 0.3) is 22.5 Å². The summed E-state index contributed by atoms with van der Waals surface area (Å²) in [5.41, 5.74) is 0.593. The topological polar surface area (TPSA) is 104 Å². The van der Waals surface area contributed by atoms with E-state index in [1.807, 2.05) is 24.3 Å². The van der Waals surface area contributed by atoms with Crippen LogP contribution in [0.5, 0.6) is 0 Å². The molecule has 8 nitrogen and oxygen atoms in total. The molecule has 0 aliphatic carbocycles. The number of likely N-dealkylation sites (tertiary alicyclic amines) is 1. The van der Waals surface area contributed by atoms with Crippen LogP contribution in [0.1, 0.15) is 36.3 Å². The largest absolute Gasteiger partial charge is 0.417 e. The summed E-state index contributed by atoms with van der Waals surface area (Å²) in [6, 6.07) is 9.63. The van der Waals surface area contributed by atoms with Gasteiger partial charge in [0.2, 0.25) is 0 Å². The number of nitrogens with one attached hydrogen (secondary N) is 2. The molecule has 2 N–H and O–H groups in total. The lowest BCUT2D eigenvalue weighted by Crippen LogP contribution is -2.45. The third kappa shape index (κ3) is 5.55. The van der Waals surface area contributed by atoms with Gasteiger partial charge in [-0.15, -0.1) is 5.10 Å². The fourth-order valence-corrected chi connectivity index (χ4v) is 6.53. The lowest BCUT2D eigenvalue weighted by atomic mass is 9.88. The highest BCUT2D eigenvalue weighted by Crippen LogP contribution is 2.43. The van der Waals surface area contributed by atoms with Gasteiger partial charge in [0, 0.05) is 30.8 Å². The quantitative estimate of drug-likeness (QED) is 0.476. The van der Waals surface area contributed by atoms with Crippen molar-refractivity contribution in [3.8, 4) is 22.5 Å². The van der Waals surface area contributed by atoms with Crippen molar-refractivity contribution in [3.63, 3.8) is 0 Å². The minimum absolute atomic E-state index is 0.144. The van der Waals surface area contributed by atoms with Crippen molar-refractivity contribution in [1.82, 2.24) is 30.8 Å². The number of tetrazole rings is 1. The molecular formula is C25H29F3N6O2S. The number of aromatic nitrogens is 4. The van der Waals surface area contributed by atoms with E-state index >= 15 is 0 Å². The third-order valence-electron chi connectivity index (χ3n) is 7.38. The number of alkyl halides is 3. The number of hydrogen-bond acceptors (Lipinski definition) is 7. The zero-order valence-electron chi connectivity index (χ0n) is 20.4. The predicted molar refractivity (Wildman–Crippen MR) is 133 cm³/mol. The molecule has 37 heavy (non-hydrogen) atoms. The van der Waals surface area contributed by atoms with E-state index in [1.165, 1.54) is 25.3 Å². The average Bonchev–Trinajstić information content (AvgIpc) is 3.37. The van der Waals surface area contributed by atoms with Gasteiger partial charge in [0.25, 0.3) is 0 Å². The van der Waals surface area contributed by atoms with Gasteiger partial charge in [0.1, 0.15) is 0 Å². The van der Waals surface area contributed by atoms with Gasteiger partial charge in [-0.3, -0.25) is 0 Å². The first-order chi connectivity index (χ1) is 17.6. The first-order valence-electron chi connectivity index (χ1n) is 12.3. The van der Waals surface area contributed by atoms with Crippen molar-refractivity contribution in [2.75, 3.05) is 39.0 Å². The molecule has 1 aromatic heterocycles. The van der Waals surface area contributed by atoms with Crippen LogP contribution in [0.3, 0.4) is 0 Å². The van der Waals surface area contributed by atoms with Crippen LogP contribution in [0.2, 0.25) is 0 Å². The number of hydrogen-bond donors (Lipinski definition) is 2. The van der Waals surface area contributed by atoms with Gasteiger partial charge < -0.3 is 10.2 Å². The molecule has 5 rings (SSSR count). The van der Waals surface area contributed by atoms with Crippen molar-refractivity contribution >= 4 is 9.84 Å². The van der Waals surface area contributed by atoms with E-state index < -0.39 is 26.5 Å². The number of benzene rings is 2. The Morgan fingerprint density at radius 1 is 1.05 bits per heavy atom. The summed E-state index contributed by atoms with van der Waals surface area (Å²) in [5, 5.41) is 16.5. The lowest BCUT2D eigenvalue weighted by molar-refractivity contribution is -0.139.